The Kier molecular flexibility index (Phi) is 6.24. The van der Waals surface area contributed by atoms with Gasteiger partial charge in [-0.25, -0.2) is 0 Å². The predicted octanol–water partition coefficient (Wildman–Crippen LogP) is 0.806. The molecular formula is C12H17N3O2S. The number of carbonyl (C=O) groups excluding carboxylic acids is 2. The van der Waals surface area contributed by atoms with E-state index in [0.29, 0.717) is 23.5 Å². The molecule has 5 N–H and O–H groups in total. The van der Waals surface area contributed by atoms with Gasteiger partial charge in [-0.2, -0.15) is 11.8 Å². The Morgan fingerprint density at radius 2 is 1.89 bits per heavy atom. The number of hydrogen-bond donors (Lipinski definition) is 3. The summed E-state index contributed by atoms with van der Waals surface area (Å²) in [7, 11) is 0. The van der Waals surface area contributed by atoms with Crippen LogP contribution in [-0.4, -0.2) is 29.9 Å². The van der Waals surface area contributed by atoms with Crippen molar-refractivity contribution >= 4 is 29.3 Å². The van der Waals surface area contributed by atoms with Crippen molar-refractivity contribution < 1.29 is 9.59 Å². The molecule has 0 saturated heterocycles. The first-order valence-electron chi connectivity index (χ1n) is 5.61. The zero-order valence-corrected chi connectivity index (χ0v) is 10.8. The average molecular weight is 267 g/mol. The molecule has 5 nitrogen and oxygen atoms in total. The number of thioether (sulfide) groups is 1. The Morgan fingerprint density at radius 3 is 2.44 bits per heavy atom. The Morgan fingerprint density at radius 1 is 1.22 bits per heavy atom. The molecule has 1 aromatic rings. The van der Waals surface area contributed by atoms with E-state index in [2.05, 4.69) is 5.32 Å². The van der Waals surface area contributed by atoms with Crippen molar-refractivity contribution in [3.63, 3.8) is 0 Å². The molecule has 0 aliphatic heterocycles. The summed E-state index contributed by atoms with van der Waals surface area (Å²) in [5.74, 6) is 0.733. The van der Waals surface area contributed by atoms with Crippen LogP contribution in [0.2, 0.25) is 0 Å². The van der Waals surface area contributed by atoms with Crippen molar-refractivity contribution in [1.82, 2.24) is 0 Å². The molecule has 0 fully saturated rings. The van der Waals surface area contributed by atoms with E-state index >= 15 is 0 Å². The molecule has 6 heteroatoms. The summed E-state index contributed by atoms with van der Waals surface area (Å²) < 4.78 is 0. The Labute approximate surface area is 110 Å². The molecule has 2 amide bonds. The first kappa shape index (κ1) is 14.5. The molecule has 0 heterocycles. The first-order chi connectivity index (χ1) is 8.63. The molecule has 0 unspecified atom stereocenters. The van der Waals surface area contributed by atoms with Gasteiger partial charge in [0.05, 0.1) is 5.75 Å². The summed E-state index contributed by atoms with van der Waals surface area (Å²) in [6.07, 6.45) is 0.908. The Bertz CT molecular complexity index is 406. The van der Waals surface area contributed by atoms with Crippen LogP contribution in [0.25, 0.3) is 0 Å². The first-order valence-corrected chi connectivity index (χ1v) is 6.76. The summed E-state index contributed by atoms with van der Waals surface area (Å²) in [5, 5.41) is 2.74. The zero-order chi connectivity index (χ0) is 13.4. The van der Waals surface area contributed by atoms with Gasteiger partial charge in [-0.3, -0.25) is 9.59 Å². The van der Waals surface area contributed by atoms with Gasteiger partial charge in [-0.15, -0.1) is 0 Å². The number of carbonyl (C=O) groups is 2. The van der Waals surface area contributed by atoms with Crippen molar-refractivity contribution in [1.29, 1.82) is 0 Å². The third-order valence-corrected chi connectivity index (χ3v) is 3.22. The molecule has 1 aromatic carbocycles. The van der Waals surface area contributed by atoms with Crippen molar-refractivity contribution in [3.05, 3.63) is 29.8 Å². The minimum absolute atomic E-state index is 0.0659. The SMILES string of the molecule is NCCCSCC(=O)Nc1ccc(C(N)=O)cc1. The van der Waals surface area contributed by atoms with Crippen LogP contribution < -0.4 is 16.8 Å². The minimum atomic E-state index is -0.481. The largest absolute Gasteiger partial charge is 0.366 e. The number of rotatable bonds is 7. The fraction of sp³-hybridized carbons (Fsp3) is 0.333. The van der Waals surface area contributed by atoms with Crippen LogP contribution in [0.3, 0.4) is 0 Å². The summed E-state index contributed by atoms with van der Waals surface area (Å²) in [4.78, 5) is 22.4. The van der Waals surface area contributed by atoms with Gasteiger partial charge >= 0.3 is 0 Å². The van der Waals surface area contributed by atoms with Gasteiger partial charge < -0.3 is 16.8 Å². The molecule has 0 aliphatic rings. The van der Waals surface area contributed by atoms with E-state index in [-0.39, 0.29) is 5.91 Å². The van der Waals surface area contributed by atoms with Gasteiger partial charge in [0.25, 0.3) is 0 Å². The van der Waals surface area contributed by atoms with E-state index < -0.39 is 5.91 Å². The summed E-state index contributed by atoms with van der Waals surface area (Å²) in [5.41, 5.74) is 11.6. The van der Waals surface area contributed by atoms with E-state index in [0.717, 1.165) is 12.2 Å². The van der Waals surface area contributed by atoms with E-state index in [1.807, 2.05) is 0 Å². The van der Waals surface area contributed by atoms with Crippen LogP contribution in [0.15, 0.2) is 24.3 Å². The van der Waals surface area contributed by atoms with E-state index in [4.69, 9.17) is 11.5 Å². The maximum atomic E-state index is 11.5. The molecule has 0 radical (unpaired) electrons. The predicted molar refractivity (Wildman–Crippen MR) is 74.6 cm³/mol. The minimum Gasteiger partial charge on any atom is -0.366 e. The molecule has 0 aliphatic carbocycles. The number of hydrogen-bond acceptors (Lipinski definition) is 4. The maximum absolute atomic E-state index is 11.5. The van der Waals surface area contributed by atoms with Gasteiger partial charge in [0, 0.05) is 11.3 Å². The summed E-state index contributed by atoms with van der Waals surface area (Å²) in [6, 6.07) is 6.48. The fourth-order valence-electron chi connectivity index (χ4n) is 1.27. The van der Waals surface area contributed by atoms with Crippen molar-refractivity contribution in [2.75, 3.05) is 23.4 Å². The van der Waals surface area contributed by atoms with Gasteiger partial charge in [-0.1, -0.05) is 0 Å². The maximum Gasteiger partial charge on any atom is 0.248 e. The number of nitrogens with two attached hydrogens (primary N) is 2. The highest BCUT2D eigenvalue weighted by Crippen LogP contribution is 2.10. The lowest BCUT2D eigenvalue weighted by molar-refractivity contribution is -0.113. The van der Waals surface area contributed by atoms with Gasteiger partial charge in [0.1, 0.15) is 0 Å². The molecule has 0 saturated carbocycles. The molecule has 0 spiro atoms. The molecule has 0 atom stereocenters. The van der Waals surface area contributed by atoms with Crippen molar-refractivity contribution in [2.24, 2.45) is 11.5 Å². The molecule has 98 valence electrons. The Balaban J connectivity index is 2.37. The molecule has 0 aromatic heterocycles. The number of benzene rings is 1. The normalized spacial score (nSPS) is 10.1. The van der Waals surface area contributed by atoms with Crippen molar-refractivity contribution in [2.45, 2.75) is 6.42 Å². The zero-order valence-electron chi connectivity index (χ0n) is 10.0. The molecular weight excluding hydrogens is 250 g/mol. The number of amides is 2. The highest BCUT2D eigenvalue weighted by molar-refractivity contribution is 7.99. The Hall–Kier alpha value is -1.53. The van der Waals surface area contributed by atoms with E-state index in [1.165, 1.54) is 0 Å². The number of nitrogens with one attached hydrogen (secondary N) is 1. The summed E-state index contributed by atoms with van der Waals surface area (Å²) in [6.45, 7) is 0.642. The lowest BCUT2D eigenvalue weighted by Crippen LogP contribution is -2.15. The molecule has 18 heavy (non-hydrogen) atoms. The van der Waals surface area contributed by atoms with Crippen LogP contribution in [0, 0.1) is 0 Å². The standard InChI is InChI=1S/C12H17N3O2S/c13-6-1-7-18-8-11(16)15-10-4-2-9(3-5-10)12(14)17/h2-5H,1,6-8,13H2,(H2,14,17)(H,15,16). The lowest BCUT2D eigenvalue weighted by Gasteiger charge is -2.05. The van der Waals surface area contributed by atoms with Gasteiger partial charge in [-0.05, 0) is 43.0 Å². The second-order valence-corrected chi connectivity index (χ2v) is 4.79. The van der Waals surface area contributed by atoms with Gasteiger partial charge in [0.15, 0.2) is 0 Å². The third-order valence-electron chi connectivity index (χ3n) is 2.18. The quantitative estimate of drug-likeness (QED) is 0.636. The van der Waals surface area contributed by atoms with Crippen molar-refractivity contribution in [3.8, 4) is 0 Å². The van der Waals surface area contributed by atoms with E-state index in [1.54, 1.807) is 36.0 Å². The third kappa shape index (κ3) is 5.20. The lowest BCUT2D eigenvalue weighted by atomic mass is 10.2. The molecule has 0 bridgehead atoms. The average Bonchev–Trinajstić information content (AvgIpc) is 2.35. The monoisotopic (exact) mass is 267 g/mol. The number of anilines is 1. The molecule has 1 rings (SSSR count). The highest BCUT2D eigenvalue weighted by Gasteiger charge is 2.04. The topological polar surface area (TPSA) is 98.2 Å². The van der Waals surface area contributed by atoms with Crippen LogP contribution in [0.4, 0.5) is 5.69 Å². The van der Waals surface area contributed by atoms with Crippen LogP contribution in [0.1, 0.15) is 16.8 Å². The second kappa shape index (κ2) is 7.73. The van der Waals surface area contributed by atoms with Crippen LogP contribution in [0.5, 0.6) is 0 Å². The van der Waals surface area contributed by atoms with Crippen LogP contribution >= 0.6 is 11.8 Å². The number of primary amides is 1. The summed E-state index contributed by atoms with van der Waals surface area (Å²) >= 11 is 1.55. The fourth-order valence-corrected chi connectivity index (χ4v) is 2.04. The highest BCUT2D eigenvalue weighted by atomic mass is 32.2. The van der Waals surface area contributed by atoms with E-state index in [9.17, 15) is 9.59 Å². The van der Waals surface area contributed by atoms with Gasteiger partial charge in [0.2, 0.25) is 11.8 Å². The smallest absolute Gasteiger partial charge is 0.248 e. The second-order valence-electron chi connectivity index (χ2n) is 3.68. The van der Waals surface area contributed by atoms with Crippen LogP contribution in [-0.2, 0) is 4.79 Å².